The molecular formula is C63H43N3O. The Morgan fingerprint density at radius 2 is 1.01 bits per heavy atom. The van der Waals surface area contributed by atoms with Crippen molar-refractivity contribution in [3.05, 3.63) is 241 Å². The first-order valence-electron chi connectivity index (χ1n) is 23.1. The molecule has 0 amide bonds. The van der Waals surface area contributed by atoms with Gasteiger partial charge in [-0.1, -0.05) is 183 Å². The molecule has 2 aromatic heterocycles. The van der Waals surface area contributed by atoms with E-state index in [0.29, 0.717) is 5.84 Å². The number of nitrogens with zero attached hydrogens (tertiary/aromatic N) is 3. The summed E-state index contributed by atoms with van der Waals surface area (Å²) in [6.45, 7) is 2.30. The number of fused-ring (bicyclic) bond motifs is 8. The van der Waals surface area contributed by atoms with Gasteiger partial charge in [-0.2, -0.15) is 0 Å². The van der Waals surface area contributed by atoms with E-state index < -0.39 is 0 Å². The number of allylic oxidation sites excluding steroid dienone is 1. The largest absolute Gasteiger partial charge is 0.456 e. The van der Waals surface area contributed by atoms with E-state index in [1.54, 1.807) is 0 Å². The van der Waals surface area contributed by atoms with Crippen LogP contribution in [0.4, 0.5) is 0 Å². The van der Waals surface area contributed by atoms with Gasteiger partial charge in [0.1, 0.15) is 11.2 Å². The Kier molecular flexibility index (Phi) is 9.17. The molecule has 0 saturated heterocycles. The number of furan rings is 1. The first-order chi connectivity index (χ1) is 33.1. The molecule has 67 heavy (non-hydrogen) atoms. The normalized spacial score (nSPS) is 16.7. The highest BCUT2D eigenvalue weighted by atomic mass is 16.3. The number of rotatable bonds is 6. The Labute approximate surface area is 388 Å². The molecule has 4 nitrogen and oxygen atoms in total. The molecule has 0 radical (unpaired) electrons. The highest BCUT2D eigenvalue weighted by Gasteiger charge is 2.25. The van der Waals surface area contributed by atoms with Gasteiger partial charge in [0.05, 0.1) is 28.1 Å². The summed E-state index contributed by atoms with van der Waals surface area (Å²) in [5.41, 5.74) is 14.5. The quantitative estimate of drug-likeness (QED) is 0.164. The standard InChI is InChI=1S/C63H43N3O/c1-40-27-32-56(44-30-28-43(29-31-44)41-15-4-2-5-16-41)64-63(50-24-14-23-45(33-50)42-17-6-3-7-18-42)65-62(40)55-38-51(39-60-61(55)54-35-47-20-9-11-22-49(47)37-59(54)67-60)66-57-26-13-12-25-52(57)53-34-46-19-8-10-21-48(46)36-58(53)66/h2-26,28-40H,27H2,1H3/b56-32+,64-63-,65-62+. The summed E-state index contributed by atoms with van der Waals surface area (Å²) in [5.74, 6) is 0.671. The molecule has 0 spiro atoms. The summed E-state index contributed by atoms with van der Waals surface area (Å²) in [6.07, 6.45) is 3.04. The Morgan fingerprint density at radius 3 is 1.76 bits per heavy atom. The second kappa shape index (κ2) is 15.8. The monoisotopic (exact) mass is 857 g/mol. The van der Waals surface area contributed by atoms with Crippen LogP contribution in [0.25, 0.3) is 98.9 Å². The maximum atomic E-state index is 7.00. The van der Waals surface area contributed by atoms with Gasteiger partial charge in [0, 0.05) is 44.7 Å². The van der Waals surface area contributed by atoms with Crippen LogP contribution in [0, 0.1) is 5.92 Å². The van der Waals surface area contributed by atoms with Gasteiger partial charge in [0.25, 0.3) is 0 Å². The molecule has 1 atom stereocenters. The summed E-state index contributed by atoms with van der Waals surface area (Å²) in [5, 5.41) is 9.28. The van der Waals surface area contributed by atoms with Crippen molar-refractivity contribution in [1.82, 2.24) is 4.57 Å². The smallest absolute Gasteiger partial charge is 0.160 e. The average molecular weight is 858 g/mol. The minimum atomic E-state index is 0.00680. The van der Waals surface area contributed by atoms with E-state index in [9.17, 15) is 0 Å². The molecule has 12 aromatic rings. The molecule has 0 aliphatic carbocycles. The third-order valence-electron chi connectivity index (χ3n) is 13.6. The second-order valence-electron chi connectivity index (χ2n) is 17.8. The van der Waals surface area contributed by atoms with E-state index in [-0.39, 0.29) is 5.92 Å². The summed E-state index contributed by atoms with van der Waals surface area (Å²) >= 11 is 0. The molecule has 3 heterocycles. The molecule has 0 N–H and O–H groups in total. The van der Waals surface area contributed by atoms with E-state index >= 15 is 0 Å². The number of hydrogen-bond donors (Lipinski definition) is 0. The minimum Gasteiger partial charge on any atom is -0.456 e. The second-order valence-corrected chi connectivity index (χ2v) is 17.8. The lowest BCUT2D eigenvalue weighted by Gasteiger charge is -2.20. The van der Waals surface area contributed by atoms with Crippen molar-refractivity contribution in [3.8, 4) is 27.9 Å². The zero-order chi connectivity index (χ0) is 44.4. The predicted molar refractivity (Wildman–Crippen MR) is 282 cm³/mol. The Balaban J connectivity index is 1.07. The molecule has 0 fully saturated rings. The van der Waals surface area contributed by atoms with Crippen LogP contribution in [-0.2, 0) is 0 Å². The fourth-order valence-corrected chi connectivity index (χ4v) is 10.2. The first kappa shape index (κ1) is 38.8. The summed E-state index contributed by atoms with van der Waals surface area (Å²) in [7, 11) is 0. The minimum absolute atomic E-state index is 0.00680. The lowest BCUT2D eigenvalue weighted by molar-refractivity contribution is 0.669. The SMILES string of the molecule is CC1C/C=C(c2ccc(-c3ccccc3)cc2)/N=C(c2cccc(-c3ccccc3)c2)\N=C/1c1cc(-n2c3ccccc3c3cc4ccccc4cc32)cc2oc3cc4ccccc4cc3c12. The molecule has 316 valence electrons. The highest BCUT2D eigenvalue weighted by molar-refractivity contribution is 6.25. The van der Waals surface area contributed by atoms with E-state index in [1.807, 2.05) is 0 Å². The average Bonchev–Trinajstić information content (AvgIpc) is 3.91. The fraction of sp³-hybridized carbons (Fsp3) is 0.0476. The fourth-order valence-electron chi connectivity index (χ4n) is 10.2. The van der Waals surface area contributed by atoms with Crippen LogP contribution in [0.3, 0.4) is 0 Å². The highest BCUT2D eigenvalue weighted by Crippen LogP contribution is 2.41. The van der Waals surface area contributed by atoms with Crippen LogP contribution in [0.15, 0.2) is 239 Å². The van der Waals surface area contributed by atoms with Gasteiger partial charge >= 0.3 is 0 Å². The number of hydrogen-bond acceptors (Lipinski definition) is 3. The number of amidine groups is 1. The van der Waals surface area contributed by atoms with Gasteiger partial charge in [-0.15, -0.1) is 0 Å². The van der Waals surface area contributed by atoms with Crippen molar-refractivity contribution >= 4 is 82.5 Å². The predicted octanol–water partition coefficient (Wildman–Crippen LogP) is 16.6. The van der Waals surface area contributed by atoms with Gasteiger partial charge in [0.15, 0.2) is 5.84 Å². The Morgan fingerprint density at radius 1 is 0.433 bits per heavy atom. The van der Waals surface area contributed by atoms with Crippen LogP contribution >= 0.6 is 0 Å². The number of aromatic nitrogens is 1. The van der Waals surface area contributed by atoms with E-state index in [4.69, 9.17) is 14.4 Å². The number of aliphatic imine (C=N–C) groups is 2. The van der Waals surface area contributed by atoms with Crippen LogP contribution in [0.2, 0.25) is 0 Å². The van der Waals surface area contributed by atoms with Crippen LogP contribution in [0.5, 0.6) is 0 Å². The zero-order valence-corrected chi connectivity index (χ0v) is 36.9. The molecule has 4 heteroatoms. The maximum Gasteiger partial charge on any atom is 0.160 e. The summed E-state index contributed by atoms with van der Waals surface area (Å²) < 4.78 is 9.41. The van der Waals surface area contributed by atoms with Gasteiger partial charge < -0.3 is 8.98 Å². The molecule has 10 aromatic carbocycles. The Bertz CT molecular complexity index is 4000. The third kappa shape index (κ3) is 6.76. The molecular weight excluding hydrogens is 815 g/mol. The molecule has 13 rings (SSSR count). The molecule has 1 aliphatic rings. The van der Waals surface area contributed by atoms with Crippen molar-refractivity contribution < 1.29 is 4.42 Å². The maximum absolute atomic E-state index is 7.00. The molecule has 1 aliphatic heterocycles. The van der Waals surface area contributed by atoms with E-state index in [0.717, 1.165) is 89.7 Å². The summed E-state index contributed by atoms with van der Waals surface area (Å²) in [6, 6.07) is 78.1. The third-order valence-corrected chi connectivity index (χ3v) is 13.6. The van der Waals surface area contributed by atoms with E-state index in [1.165, 1.54) is 38.1 Å². The van der Waals surface area contributed by atoms with E-state index in [2.05, 4.69) is 236 Å². The van der Waals surface area contributed by atoms with Crippen molar-refractivity contribution in [1.29, 1.82) is 0 Å². The molecule has 0 bridgehead atoms. The van der Waals surface area contributed by atoms with Crippen LogP contribution in [0.1, 0.15) is 30.0 Å². The first-order valence-corrected chi connectivity index (χ1v) is 23.1. The zero-order valence-electron chi connectivity index (χ0n) is 36.9. The van der Waals surface area contributed by atoms with Gasteiger partial charge in [-0.3, -0.25) is 0 Å². The number of benzene rings is 10. The Hall–Kier alpha value is -8.60. The lowest BCUT2D eigenvalue weighted by atomic mass is 9.90. The van der Waals surface area contributed by atoms with Crippen LogP contribution < -0.4 is 0 Å². The van der Waals surface area contributed by atoms with Crippen molar-refractivity contribution in [2.75, 3.05) is 0 Å². The lowest BCUT2D eigenvalue weighted by Crippen LogP contribution is -2.18. The van der Waals surface area contributed by atoms with Crippen molar-refractivity contribution in [2.45, 2.75) is 13.3 Å². The van der Waals surface area contributed by atoms with Crippen LogP contribution in [-0.4, -0.2) is 16.1 Å². The topological polar surface area (TPSA) is 42.8 Å². The molecule has 1 unspecified atom stereocenters. The molecule has 0 saturated carbocycles. The summed E-state index contributed by atoms with van der Waals surface area (Å²) in [4.78, 5) is 11.3. The van der Waals surface area contributed by atoms with Gasteiger partial charge in [-0.25, -0.2) is 9.98 Å². The number of para-hydroxylation sites is 1. The van der Waals surface area contributed by atoms with Gasteiger partial charge in [0.2, 0.25) is 0 Å². The van der Waals surface area contributed by atoms with Gasteiger partial charge in [-0.05, 0) is 98.2 Å². The van der Waals surface area contributed by atoms with Crippen molar-refractivity contribution in [2.24, 2.45) is 15.9 Å². The van der Waals surface area contributed by atoms with Crippen molar-refractivity contribution in [3.63, 3.8) is 0 Å².